The molecule has 1 aliphatic carbocycles. The van der Waals surface area contributed by atoms with Crippen molar-refractivity contribution >= 4 is 17.2 Å². The van der Waals surface area contributed by atoms with Crippen molar-refractivity contribution in [2.75, 3.05) is 19.7 Å². The number of thiocarbonyl (C=S) groups is 1. The molecule has 3 nitrogen and oxygen atoms in total. The Morgan fingerprint density at radius 2 is 2.21 bits per heavy atom. The monoisotopic (exact) mass is 278 g/mol. The summed E-state index contributed by atoms with van der Waals surface area (Å²) in [5.74, 6) is 0.845. The molecule has 2 rings (SSSR count). The summed E-state index contributed by atoms with van der Waals surface area (Å²) >= 11 is 4.97. The van der Waals surface area contributed by atoms with Crippen LogP contribution in [-0.4, -0.2) is 35.6 Å². The van der Waals surface area contributed by atoms with E-state index >= 15 is 0 Å². The smallest absolute Gasteiger partial charge is 0.120 e. The summed E-state index contributed by atoms with van der Waals surface area (Å²) in [4.78, 5) is 2.94. The van der Waals surface area contributed by atoms with Gasteiger partial charge in [0.05, 0.1) is 0 Å². The number of benzene rings is 1. The van der Waals surface area contributed by atoms with E-state index in [1.807, 2.05) is 24.3 Å². The maximum absolute atomic E-state index is 5.79. The van der Waals surface area contributed by atoms with Crippen LogP contribution in [0.15, 0.2) is 24.3 Å². The van der Waals surface area contributed by atoms with Crippen molar-refractivity contribution in [1.82, 2.24) is 4.90 Å². The van der Waals surface area contributed by atoms with Crippen LogP contribution in [0.3, 0.4) is 0 Å². The van der Waals surface area contributed by atoms with Gasteiger partial charge in [0, 0.05) is 18.2 Å². The molecule has 0 radical (unpaired) electrons. The summed E-state index contributed by atoms with van der Waals surface area (Å²) in [5, 5.41) is 0. The van der Waals surface area contributed by atoms with Crippen LogP contribution in [-0.2, 0) is 0 Å². The van der Waals surface area contributed by atoms with E-state index in [1.165, 1.54) is 25.8 Å². The minimum absolute atomic E-state index is 0.413. The highest BCUT2D eigenvalue weighted by molar-refractivity contribution is 7.80. The Bertz CT molecular complexity index is 432. The molecule has 0 amide bonds. The topological polar surface area (TPSA) is 38.5 Å². The van der Waals surface area contributed by atoms with E-state index in [-0.39, 0.29) is 0 Å². The van der Waals surface area contributed by atoms with E-state index in [2.05, 4.69) is 11.8 Å². The molecule has 1 fully saturated rings. The standard InChI is InChI=1S/C15H22N2OS/c1-2-8-17(13-6-7-13)9-10-18-14-5-3-4-12(11-14)15(16)19/h3-5,11,13H,2,6-10H2,1H3,(H2,16,19). The van der Waals surface area contributed by atoms with Crippen LogP contribution in [0.2, 0.25) is 0 Å². The van der Waals surface area contributed by atoms with Crippen LogP contribution in [0.5, 0.6) is 5.75 Å². The molecule has 1 aliphatic rings. The molecule has 1 saturated carbocycles. The first-order valence-corrected chi connectivity index (χ1v) is 7.38. The van der Waals surface area contributed by atoms with Gasteiger partial charge in [-0.05, 0) is 37.9 Å². The summed E-state index contributed by atoms with van der Waals surface area (Å²) in [6, 6.07) is 8.48. The molecular formula is C15H22N2OS. The lowest BCUT2D eigenvalue weighted by atomic mass is 10.2. The minimum Gasteiger partial charge on any atom is -0.492 e. The minimum atomic E-state index is 0.413. The Kier molecular flexibility index (Phi) is 5.16. The molecule has 0 saturated heterocycles. The fraction of sp³-hybridized carbons (Fsp3) is 0.533. The highest BCUT2D eigenvalue weighted by Gasteiger charge is 2.27. The second-order valence-corrected chi connectivity index (χ2v) is 5.45. The van der Waals surface area contributed by atoms with Gasteiger partial charge in [0.15, 0.2) is 0 Å². The van der Waals surface area contributed by atoms with Gasteiger partial charge in [0.1, 0.15) is 17.3 Å². The van der Waals surface area contributed by atoms with Gasteiger partial charge >= 0.3 is 0 Å². The van der Waals surface area contributed by atoms with Crippen LogP contribution in [0.25, 0.3) is 0 Å². The van der Waals surface area contributed by atoms with Crippen LogP contribution in [0.1, 0.15) is 31.7 Å². The molecule has 2 N–H and O–H groups in total. The Balaban J connectivity index is 1.81. The van der Waals surface area contributed by atoms with E-state index < -0.39 is 0 Å². The van der Waals surface area contributed by atoms with E-state index in [4.69, 9.17) is 22.7 Å². The SMILES string of the molecule is CCCN(CCOc1cccc(C(N)=S)c1)C1CC1. The summed E-state index contributed by atoms with van der Waals surface area (Å²) < 4.78 is 5.79. The van der Waals surface area contributed by atoms with Crippen molar-refractivity contribution in [3.05, 3.63) is 29.8 Å². The van der Waals surface area contributed by atoms with E-state index in [9.17, 15) is 0 Å². The summed E-state index contributed by atoms with van der Waals surface area (Å²) in [5.41, 5.74) is 6.48. The first-order valence-electron chi connectivity index (χ1n) is 6.97. The zero-order chi connectivity index (χ0) is 13.7. The van der Waals surface area contributed by atoms with Gasteiger partial charge in [0.25, 0.3) is 0 Å². The van der Waals surface area contributed by atoms with Crippen LogP contribution >= 0.6 is 12.2 Å². The number of hydrogen-bond acceptors (Lipinski definition) is 3. The summed E-state index contributed by atoms with van der Waals surface area (Å²) in [6.45, 7) is 5.11. The van der Waals surface area contributed by atoms with Crippen molar-refractivity contribution in [2.24, 2.45) is 5.73 Å². The predicted molar refractivity (Wildman–Crippen MR) is 82.7 cm³/mol. The van der Waals surface area contributed by atoms with Crippen LogP contribution in [0, 0.1) is 0 Å². The third kappa shape index (κ3) is 4.48. The maximum atomic E-state index is 5.79. The molecule has 0 bridgehead atoms. The second-order valence-electron chi connectivity index (χ2n) is 5.01. The molecule has 0 aromatic heterocycles. The summed E-state index contributed by atoms with van der Waals surface area (Å²) in [7, 11) is 0. The number of rotatable bonds is 8. The van der Waals surface area contributed by atoms with Crippen molar-refractivity contribution in [3.63, 3.8) is 0 Å². The largest absolute Gasteiger partial charge is 0.492 e. The van der Waals surface area contributed by atoms with Gasteiger partial charge in [-0.25, -0.2) is 0 Å². The van der Waals surface area contributed by atoms with Crippen molar-refractivity contribution in [1.29, 1.82) is 0 Å². The first kappa shape index (κ1) is 14.3. The van der Waals surface area contributed by atoms with Crippen molar-refractivity contribution in [3.8, 4) is 5.75 Å². The Labute approximate surface area is 120 Å². The predicted octanol–water partition coefficient (Wildman–Crippen LogP) is 2.57. The average molecular weight is 278 g/mol. The third-order valence-corrected chi connectivity index (χ3v) is 3.58. The van der Waals surface area contributed by atoms with Gasteiger partial charge in [0.2, 0.25) is 0 Å². The zero-order valence-corrected chi connectivity index (χ0v) is 12.3. The zero-order valence-electron chi connectivity index (χ0n) is 11.5. The van der Waals surface area contributed by atoms with Gasteiger partial charge in [-0.2, -0.15) is 0 Å². The number of hydrogen-bond donors (Lipinski definition) is 1. The lowest BCUT2D eigenvalue weighted by Gasteiger charge is -2.21. The fourth-order valence-corrected chi connectivity index (χ4v) is 2.35. The summed E-state index contributed by atoms with van der Waals surface area (Å²) in [6.07, 6.45) is 3.89. The molecule has 104 valence electrons. The van der Waals surface area contributed by atoms with Crippen LogP contribution < -0.4 is 10.5 Å². The Morgan fingerprint density at radius 3 is 2.84 bits per heavy atom. The fourth-order valence-electron chi connectivity index (χ4n) is 2.22. The molecule has 0 aliphatic heterocycles. The first-order chi connectivity index (χ1) is 9.20. The molecule has 0 unspecified atom stereocenters. The van der Waals surface area contributed by atoms with Gasteiger partial charge in [-0.3, -0.25) is 4.90 Å². The number of nitrogens with zero attached hydrogens (tertiary/aromatic N) is 1. The van der Waals surface area contributed by atoms with E-state index in [0.29, 0.717) is 4.99 Å². The lowest BCUT2D eigenvalue weighted by molar-refractivity contribution is 0.202. The van der Waals surface area contributed by atoms with Crippen molar-refractivity contribution < 1.29 is 4.74 Å². The molecule has 1 aromatic carbocycles. The van der Waals surface area contributed by atoms with E-state index in [0.717, 1.165) is 30.5 Å². The van der Waals surface area contributed by atoms with Crippen molar-refractivity contribution in [2.45, 2.75) is 32.2 Å². The highest BCUT2D eigenvalue weighted by atomic mass is 32.1. The van der Waals surface area contributed by atoms with E-state index in [1.54, 1.807) is 0 Å². The molecule has 19 heavy (non-hydrogen) atoms. The third-order valence-electron chi connectivity index (χ3n) is 3.34. The van der Waals surface area contributed by atoms with Gasteiger partial charge < -0.3 is 10.5 Å². The molecule has 1 aromatic rings. The van der Waals surface area contributed by atoms with Gasteiger partial charge in [-0.1, -0.05) is 31.3 Å². The Morgan fingerprint density at radius 1 is 1.42 bits per heavy atom. The molecule has 0 atom stereocenters. The second kappa shape index (κ2) is 6.87. The maximum Gasteiger partial charge on any atom is 0.120 e. The number of nitrogens with two attached hydrogens (primary N) is 1. The van der Waals surface area contributed by atoms with Crippen LogP contribution in [0.4, 0.5) is 0 Å². The molecular weight excluding hydrogens is 256 g/mol. The Hall–Kier alpha value is -1.13. The molecule has 0 spiro atoms. The van der Waals surface area contributed by atoms with Gasteiger partial charge in [-0.15, -0.1) is 0 Å². The average Bonchev–Trinajstić information content (AvgIpc) is 3.22. The lowest BCUT2D eigenvalue weighted by Crippen LogP contribution is -2.31. The number of ether oxygens (including phenoxy) is 1. The molecule has 0 heterocycles. The quantitative estimate of drug-likeness (QED) is 0.742. The highest BCUT2D eigenvalue weighted by Crippen LogP contribution is 2.26. The molecule has 4 heteroatoms. The normalized spacial score (nSPS) is 14.6.